The number of carbonyl (C=O) groups excluding carboxylic acids is 1. The topological polar surface area (TPSA) is 85.4 Å². The van der Waals surface area contributed by atoms with Crippen LogP contribution in [0.1, 0.15) is 36.1 Å². The van der Waals surface area contributed by atoms with E-state index >= 15 is 0 Å². The summed E-state index contributed by atoms with van der Waals surface area (Å²) in [6.07, 6.45) is 2.12. The Morgan fingerprint density at radius 3 is 2.56 bits per heavy atom. The number of nitrogens with one attached hydrogen (secondary N) is 2. The molecule has 1 aromatic heterocycles. The molecule has 1 amide bonds. The number of unbranched alkanes of at least 4 members (excludes halogenated alkanes) is 1. The maximum absolute atomic E-state index is 12.5. The Morgan fingerprint density at radius 1 is 1.12 bits per heavy atom. The number of amides is 1. The zero-order valence-electron chi connectivity index (χ0n) is 15.0. The second-order valence-corrected chi connectivity index (χ2v) is 5.49. The van der Waals surface area contributed by atoms with E-state index in [1.807, 2.05) is 0 Å². The highest BCUT2D eigenvalue weighted by Gasteiger charge is 2.12. The van der Waals surface area contributed by atoms with Gasteiger partial charge in [-0.3, -0.25) is 4.79 Å². The predicted octanol–water partition coefficient (Wildman–Crippen LogP) is 3.27. The van der Waals surface area contributed by atoms with E-state index in [0.717, 1.165) is 19.4 Å². The van der Waals surface area contributed by atoms with Gasteiger partial charge in [0.15, 0.2) is 11.5 Å². The van der Waals surface area contributed by atoms with Crippen LogP contribution >= 0.6 is 0 Å². The number of ether oxygens (including phenoxy) is 2. The van der Waals surface area contributed by atoms with Crippen molar-refractivity contribution < 1.29 is 14.3 Å². The molecule has 7 heteroatoms. The zero-order chi connectivity index (χ0) is 18.2. The highest BCUT2D eigenvalue weighted by molar-refractivity contribution is 6.03. The molecule has 0 aliphatic rings. The predicted molar refractivity (Wildman–Crippen MR) is 97.7 cm³/mol. The number of anilines is 2. The van der Waals surface area contributed by atoms with E-state index in [-0.39, 0.29) is 5.91 Å². The molecule has 7 nitrogen and oxygen atoms in total. The van der Waals surface area contributed by atoms with Gasteiger partial charge >= 0.3 is 0 Å². The summed E-state index contributed by atoms with van der Waals surface area (Å²) in [5.74, 6) is 2.02. The van der Waals surface area contributed by atoms with Crippen molar-refractivity contribution in [3.63, 3.8) is 0 Å². The summed E-state index contributed by atoms with van der Waals surface area (Å²) >= 11 is 0. The number of benzene rings is 1. The van der Waals surface area contributed by atoms with Gasteiger partial charge in [0.25, 0.3) is 5.91 Å². The second kappa shape index (κ2) is 8.86. The Labute approximate surface area is 147 Å². The number of carbonyl (C=O) groups is 1. The first-order valence-corrected chi connectivity index (χ1v) is 8.20. The molecule has 25 heavy (non-hydrogen) atoms. The molecule has 134 valence electrons. The van der Waals surface area contributed by atoms with Crippen LogP contribution in [0.4, 0.5) is 11.5 Å². The van der Waals surface area contributed by atoms with Crippen molar-refractivity contribution in [2.75, 3.05) is 31.4 Å². The summed E-state index contributed by atoms with van der Waals surface area (Å²) in [6.45, 7) is 4.69. The van der Waals surface area contributed by atoms with E-state index in [4.69, 9.17) is 9.47 Å². The summed E-state index contributed by atoms with van der Waals surface area (Å²) in [7, 11) is 3.11. The number of rotatable bonds is 8. The van der Waals surface area contributed by atoms with Crippen molar-refractivity contribution in [2.24, 2.45) is 0 Å². The first-order valence-electron chi connectivity index (χ1n) is 8.20. The normalized spacial score (nSPS) is 10.2. The largest absolute Gasteiger partial charge is 0.493 e. The van der Waals surface area contributed by atoms with Gasteiger partial charge in [-0.2, -0.15) is 0 Å². The number of hydrogen-bond acceptors (Lipinski definition) is 6. The molecule has 1 heterocycles. The third-order valence-corrected chi connectivity index (χ3v) is 3.55. The minimum atomic E-state index is -0.309. The van der Waals surface area contributed by atoms with Crippen LogP contribution in [0.5, 0.6) is 11.5 Å². The van der Waals surface area contributed by atoms with Gasteiger partial charge in [-0.05, 0) is 25.5 Å². The lowest BCUT2D eigenvalue weighted by atomic mass is 10.2. The SMILES string of the molecule is CCCCNc1cc(C(=O)Nc2ccc(OC)c(OC)c2)nc(C)n1. The molecule has 0 atom stereocenters. The van der Waals surface area contributed by atoms with Crippen molar-refractivity contribution in [1.29, 1.82) is 0 Å². The Morgan fingerprint density at radius 2 is 1.88 bits per heavy atom. The van der Waals surface area contributed by atoms with Crippen LogP contribution in [0.2, 0.25) is 0 Å². The summed E-state index contributed by atoms with van der Waals surface area (Å²) < 4.78 is 10.4. The molecule has 2 N–H and O–H groups in total. The Bertz CT molecular complexity index is 734. The van der Waals surface area contributed by atoms with Crippen LogP contribution in [-0.4, -0.2) is 36.6 Å². The molecule has 1 aromatic carbocycles. The monoisotopic (exact) mass is 344 g/mol. The number of aromatic nitrogens is 2. The van der Waals surface area contributed by atoms with Gasteiger partial charge in [-0.1, -0.05) is 13.3 Å². The van der Waals surface area contributed by atoms with Crippen molar-refractivity contribution in [3.05, 3.63) is 35.8 Å². The van der Waals surface area contributed by atoms with Crippen LogP contribution < -0.4 is 20.1 Å². The maximum Gasteiger partial charge on any atom is 0.274 e. The van der Waals surface area contributed by atoms with E-state index in [1.165, 1.54) is 0 Å². The zero-order valence-corrected chi connectivity index (χ0v) is 15.0. The lowest BCUT2D eigenvalue weighted by molar-refractivity contribution is 0.102. The third kappa shape index (κ3) is 5.07. The molecular formula is C18H24N4O3. The van der Waals surface area contributed by atoms with Gasteiger partial charge in [-0.15, -0.1) is 0 Å². The molecule has 0 saturated heterocycles. The fraction of sp³-hybridized carbons (Fsp3) is 0.389. The molecule has 2 aromatic rings. The third-order valence-electron chi connectivity index (χ3n) is 3.55. The Kier molecular flexibility index (Phi) is 6.56. The average Bonchev–Trinajstić information content (AvgIpc) is 2.61. The van der Waals surface area contributed by atoms with Crippen LogP contribution in [-0.2, 0) is 0 Å². The smallest absolute Gasteiger partial charge is 0.274 e. The van der Waals surface area contributed by atoms with Gasteiger partial charge in [0.1, 0.15) is 17.3 Å². The van der Waals surface area contributed by atoms with Crippen molar-refractivity contribution in [2.45, 2.75) is 26.7 Å². The van der Waals surface area contributed by atoms with Gasteiger partial charge in [0, 0.05) is 24.4 Å². The van der Waals surface area contributed by atoms with Gasteiger partial charge < -0.3 is 20.1 Å². The molecule has 0 fully saturated rings. The number of nitrogens with zero attached hydrogens (tertiary/aromatic N) is 2. The molecule has 0 radical (unpaired) electrons. The summed E-state index contributed by atoms with van der Waals surface area (Å²) in [5, 5.41) is 6.02. The van der Waals surface area contributed by atoms with Crippen LogP contribution in [0.15, 0.2) is 24.3 Å². The summed E-state index contributed by atoms with van der Waals surface area (Å²) in [6, 6.07) is 6.83. The van der Waals surface area contributed by atoms with E-state index in [0.29, 0.717) is 34.5 Å². The minimum Gasteiger partial charge on any atom is -0.493 e. The van der Waals surface area contributed by atoms with E-state index in [2.05, 4.69) is 27.5 Å². The Hall–Kier alpha value is -2.83. The molecule has 0 aliphatic carbocycles. The van der Waals surface area contributed by atoms with Crippen molar-refractivity contribution in [1.82, 2.24) is 9.97 Å². The highest BCUT2D eigenvalue weighted by atomic mass is 16.5. The molecule has 0 aliphatic heterocycles. The molecule has 0 bridgehead atoms. The fourth-order valence-electron chi connectivity index (χ4n) is 2.28. The van der Waals surface area contributed by atoms with E-state index in [1.54, 1.807) is 45.4 Å². The van der Waals surface area contributed by atoms with Gasteiger partial charge in [0.05, 0.1) is 14.2 Å². The quantitative estimate of drug-likeness (QED) is 0.715. The lowest BCUT2D eigenvalue weighted by Gasteiger charge is -2.11. The van der Waals surface area contributed by atoms with Crippen molar-refractivity contribution in [3.8, 4) is 11.5 Å². The van der Waals surface area contributed by atoms with E-state index in [9.17, 15) is 4.79 Å². The molecular weight excluding hydrogens is 320 g/mol. The van der Waals surface area contributed by atoms with Crippen LogP contribution in [0.3, 0.4) is 0 Å². The minimum absolute atomic E-state index is 0.307. The molecule has 0 spiro atoms. The number of methoxy groups -OCH3 is 2. The fourth-order valence-corrected chi connectivity index (χ4v) is 2.28. The Balaban J connectivity index is 2.15. The molecule has 0 saturated carbocycles. The number of aryl methyl sites for hydroxylation is 1. The van der Waals surface area contributed by atoms with E-state index < -0.39 is 0 Å². The lowest BCUT2D eigenvalue weighted by Crippen LogP contribution is -2.16. The van der Waals surface area contributed by atoms with Crippen molar-refractivity contribution >= 4 is 17.4 Å². The van der Waals surface area contributed by atoms with Crippen LogP contribution in [0.25, 0.3) is 0 Å². The maximum atomic E-state index is 12.5. The molecule has 2 rings (SSSR count). The number of hydrogen-bond donors (Lipinski definition) is 2. The summed E-state index contributed by atoms with van der Waals surface area (Å²) in [4.78, 5) is 21.0. The standard InChI is InChI=1S/C18H24N4O3/c1-5-6-9-19-17-11-14(20-12(2)21-17)18(23)22-13-7-8-15(24-3)16(10-13)25-4/h7-8,10-11H,5-6,9H2,1-4H3,(H,22,23)(H,19,20,21). The first kappa shape index (κ1) is 18.5. The van der Waals surface area contributed by atoms with Gasteiger partial charge in [-0.25, -0.2) is 9.97 Å². The van der Waals surface area contributed by atoms with Crippen LogP contribution in [0, 0.1) is 6.92 Å². The first-order chi connectivity index (χ1) is 12.1. The molecule has 0 unspecified atom stereocenters. The summed E-state index contributed by atoms with van der Waals surface area (Å²) in [5.41, 5.74) is 0.903. The second-order valence-electron chi connectivity index (χ2n) is 5.49. The van der Waals surface area contributed by atoms with Gasteiger partial charge in [0.2, 0.25) is 0 Å². The highest BCUT2D eigenvalue weighted by Crippen LogP contribution is 2.29. The average molecular weight is 344 g/mol.